The van der Waals surface area contributed by atoms with Gasteiger partial charge in [-0.15, -0.1) is 0 Å². The average Bonchev–Trinajstić information content (AvgIpc) is 2.94. The molecule has 0 spiro atoms. The van der Waals surface area contributed by atoms with Gasteiger partial charge in [0.05, 0.1) is 12.0 Å². The number of carbonyl (C=O) groups is 3. The molecular formula is C14H22N2O5. The van der Waals surface area contributed by atoms with Gasteiger partial charge < -0.3 is 20.1 Å². The molecule has 2 rings (SSSR count). The highest BCUT2D eigenvalue weighted by Crippen LogP contribution is 2.20. The van der Waals surface area contributed by atoms with Crippen molar-refractivity contribution in [2.45, 2.75) is 44.8 Å². The first kappa shape index (κ1) is 15.8. The zero-order valence-corrected chi connectivity index (χ0v) is 12.2. The Morgan fingerprint density at radius 3 is 2.67 bits per heavy atom. The minimum absolute atomic E-state index is 0.00377. The first-order chi connectivity index (χ1) is 9.97. The summed E-state index contributed by atoms with van der Waals surface area (Å²) in [6, 6.07) is 0. The van der Waals surface area contributed by atoms with Crippen molar-refractivity contribution in [1.82, 2.24) is 10.2 Å². The lowest BCUT2D eigenvalue weighted by Crippen LogP contribution is -2.46. The Morgan fingerprint density at radius 1 is 1.29 bits per heavy atom. The van der Waals surface area contributed by atoms with E-state index in [0.717, 1.165) is 12.8 Å². The fourth-order valence-electron chi connectivity index (χ4n) is 2.87. The Morgan fingerprint density at radius 2 is 2.05 bits per heavy atom. The van der Waals surface area contributed by atoms with Crippen LogP contribution in [0.4, 0.5) is 0 Å². The standard InChI is InChI=1S/C14H22N2O5/c1-9(17)16-6-2-3-10(8-16)13(18)15-7-11-4-5-12(21-11)14(19)20/h10-12H,2-8H2,1H3,(H,15,18)(H,19,20). The molecular weight excluding hydrogens is 276 g/mol. The van der Waals surface area contributed by atoms with E-state index in [-0.39, 0.29) is 23.8 Å². The minimum atomic E-state index is -0.951. The van der Waals surface area contributed by atoms with Gasteiger partial charge in [-0.1, -0.05) is 0 Å². The fourth-order valence-corrected chi connectivity index (χ4v) is 2.87. The first-order valence-electron chi connectivity index (χ1n) is 7.39. The highest BCUT2D eigenvalue weighted by molar-refractivity contribution is 5.80. The Labute approximate surface area is 123 Å². The number of likely N-dealkylation sites (tertiary alicyclic amines) is 1. The Bertz CT molecular complexity index is 426. The average molecular weight is 298 g/mol. The monoisotopic (exact) mass is 298 g/mol. The van der Waals surface area contributed by atoms with Gasteiger partial charge in [0.1, 0.15) is 0 Å². The van der Waals surface area contributed by atoms with Crippen LogP contribution in [0.15, 0.2) is 0 Å². The van der Waals surface area contributed by atoms with E-state index in [1.54, 1.807) is 4.90 Å². The van der Waals surface area contributed by atoms with Gasteiger partial charge in [0, 0.05) is 26.6 Å². The lowest BCUT2D eigenvalue weighted by Gasteiger charge is -2.31. The molecule has 118 valence electrons. The largest absolute Gasteiger partial charge is 0.479 e. The van der Waals surface area contributed by atoms with E-state index < -0.39 is 12.1 Å². The number of carboxylic acids is 1. The predicted octanol–water partition coefficient (Wildman–Crippen LogP) is -0.00670. The van der Waals surface area contributed by atoms with Gasteiger partial charge in [0.2, 0.25) is 11.8 Å². The number of aliphatic carboxylic acids is 1. The molecule has 2 amide bonds. The minimum Gasteiger partial charge on any atom is -0.479 e. The number of rotatable bonds is 4. The zero-order valence-electron chi connectivity index (χ0n) is 12.2. The van der Waals surface area contributed by atoms with Crippen LogP contribution in [-0.4, -0.2) is 59.6 Å². The van der Waals surface area contributed by atoms with Crippen LogP contribution in [0.2, 0.25) is 0 Å². The summed E-state index contributed by atoms with van der Waals surface area (Å²) in [6.07, 6.45) is 1.74. The SMILES string of the molecule is CC(=O)N1CCCC(C(=O)NCC2CCC(C(=O)O)O2)C1. The van der Waals surface area contributed by atoms with Crippen molar-refractivity contribution in [3.05, 3.63) is 0 Å². The Kier molecular flexibility index (Phi) is 5.17. The summed E-state index contributed by atoms with van der Waals surface area (Å²) in [7, 11) is 0. The van der Waals surface area contributed by atoms with E-state index in [4.69, 9.17) is 9.84 Å². The highest BCUT2D eigenvalue weighted by atomic mass is 16.5. The number of ether oxygens (including phenoxy) is 1. The highest BCUT2D eigenvalue weighted by Gasteiger charge is 2.32. The molecule has 3 unspecified atom stereocenters. The summed E-state index contributed by atoms with van der Waals surface area (Å²) in [4.78, 5) is 35.9. The van der Waals surface area contributed by atoms with Crippen LogP contribution in [-0.2, 0) is 19.1 Å². The van der Waals surface area contributed by atoms with Gasteiger partial charge in [-0.05, 0) is 25.7 Å². The van der Waals surface area contributed by atoms with E-state index >= 15 is 0 Å². The number of piperidine rings is 1. The molecule has 2 heterocycles. The second-order valence-corrected chi connectivity index (χ2v) is 5.71. The van der Waals surface area contributed by atoms with Crippen molar-refractivity contribution >= 4 is 17.8 Å². The van der Waals surface area contributed by atoms with Crippen LogP contribution >= 0.6 is 0 Å². The third kappa shape index (κ3) is 4.17. The number of nitrogens with one attached hydrogen (secondary N) is 1. The molecule has 0 bridgehead atoms. The Balaban J connectivity index is 1.74. The van der Waals surface area contributed by atoms with Crippen molar-refractivity contribution in [2.75, 3.05) is 19.6 Å². The van der Waals surface area contributed by atoms with Crippen LogP contribution < -0.4 is 5.32 Å². The molecule has 0 aromatic rings. The summed E-state index contributed by atoms with van der Waals surface area (Å²) in [5.41, 5.74) is 0. The topological polar surface area (TPSA) is 95.9 Å². The molecule has 0 aromatic carbocycles. The van der Waals surface area contributed by atoms with E-state index in [2.05, 4.69) is 5.32 Å². The lowest BCUT2D eigenvalue weighted by atomic mass is 9.97. The van der Waals surface area contributed by atoms with Gasteiger partial charge in [-0.25, -0.2) is 4.79 Å². The summed E-state index contributed by atoms with van der Waals surface area (Å²) < 4.78 is 5.34. The maximum atomic E-state index is 12.1. The first-order valence-corrected chi connectivity index (χ1v) is 7.39. The molecule has 2 fully saturated rings. The van der Waals surface area contributed by atoms with E-state index in [9.17, 15) is 14.4 Å². The van der Waals surface area contributed by atoms with E-state index in [0.29, 0.717) is 32.5 Å². The van der Waals surface area contributed by atoms with Crippen LogP contribution in [0, 0.1) is 5.92 Å². The van der Waals surface area contributed by atoms with Crippen LogP contribution in [0.5, 0.6) is 0 Å². The molecule has 7 nitrogen and oxygen atoms in total. The van der Waals surface area contributed by atoms with Crippen molar-refractivity contribution in [3.63, 3.8) is 0 Å². The van der Waals surface area contributed by atoms with E-state index in [1.807, 2.05) is 0 Å². The molecule has 2 N–H and O–H groups in total. The fraction of sp³-hybridized carbons (Fsp3) is 0.786. The Hall–Kier alpha value is -1.63. The normalized spacial score (nSPS) is 29.2. The smallest absolute Gasteiger partial charge is 0.332 e. The van der Waals surface area contributed by atoms with Gasteiger partial charge in [0.25, 0.3) is 0 Å². The van der Waals surface area contributed by atoms with Gasteiger partial charge in [0.15, 0.2) is 6.10 Å². The van der Waals surface area contributed by atoms with E-state index in [1.165, 1.54) is 6.92 Å². The second-order valence-electron chi connectivity index (χ2n) is 5.71. The molecule has 2 saturated heterocycles. The molecule has 0 saturated carbocycles. The molecule has 7 heteroatoms. The summed E-state index contributed by atoms with van der Waals surface area (Å²) in [6.45, 7) is 3.02. The predicted molar refractivity (Wildman–Crippen MR) is 73.5 cm³/mol. The lowest BCUT2D eigenvalue weighted by molar-refractivity contribution is -0.149. The third-order valence-electron chi connectivity index (χ3n) is 4.12. The quantitative estimate of drug-likeness (QED) is 0.761. The second kappa shape index (κ2) is 6.89. The van der Waals surface area contributed by atoms with Crippen molar-refractivity contribution in [2.24, 2.45) is 5.92 Å². The van der Waals surface area contributed by atoms with Crippen LogP contribution in [0.25, 0.3) is 0 Å². The zero-order chi connectivity index (χ0) is 15.4. The summed E-state index contributed by atoms with van der Waals surface area (Å²) in [5.74, 6) is -1.22. The molecule has 0 aliphatic carbocycles. The molecule has 3 atom stereocenters. The number of carbonyl (C=O) groups excluding carboxylic acids is 2. The van der Waals surface area contributed by atoms with Crippen molar-refractivity contribution in [1.29, 1.82) is 0 Å². The molecule has 0 aromatic heterocycles. The van der Waals surface area contributed by atoms with Crippen LogP contribution in [0.3, 0.4) is 0 Å². The molecule has 2 aliphatic rings. The molecule has 2 aliphatic heterocycles. The molecule has 21 heavy (non-hydrogen) atoms. The summed E-state index contributed by atoms with van der Waals surface area (Å²) in [5, 5.41) is 11.7. The number of hydrogen-bond donors (Lipinski definition) is 2. The van der Waals surface area contributed by atoms with Gasteiger partial charge in [-0.3, -0.25) is 9.59 Å². The number of nitrogens with zero attached hydrogens (tertiary/aromatic N) is 1. The molecule has 0 radical (unpaired) electrons. The van der Waals surface area contributed by atoms with Gasteiger partial charge in [-0.2, -0.15) is 0 Å². The third-order valence-corrected chi connectivity index (χ3v) is 4.12. The number of hydrogen-bond acceptors (Lipinski definition) is 4. The van der Waals surface area contributed by atoms with Crippen molar-refractivity contribution in [3.8, 4) is 0 Å². The maximum Gasteiger partial charge on any atom is 0.332 e. The van der Waals surface area contributed by atoms with Crippen LogP contribution in [0.1, 0.15) is 32.6 Å². The number of amides is 2. The van der Waals surface area contributed by atoms with Crippen molar-refractivity contribution < 1.29 is 24.2 Å². The number of carboxylic acid groups (broad SMARTS) is 1. The summed E-state index contributed by atoms with van der Waals surface area (Å²) >= 11 is 0. The van der Waals surface area contributed by atoms with Gasteiger partial charge >= 0.3 is 5.97 Å². The maximum absolute atomic E-state index is 12.1.